The van der Waals surface area contributed by atoms with E-state index in [-0.39, 0.29) is 0 Å². The third-order valence-corrected chi connectivity index (χ3v) is 3.91. The van der Waals surface area contributed by atoms with Crippen LogP contribution >= 0.6 is 15.9 Å². The Bertz CT molecular complexity index is 609. The summed E-state index contributed by atoms with van der Waals surface area (Å²) >= 11 is 3.44. The molecule has 0 saturated carbocycles. The highest BCUT2D eigenvalue weighted by Crippen LogP contribution is 2.33. The van der Waals surface area contributed by atoms with Gasteiger partial charge in [0, 0.05) is 16.4 Å². The van der Waals surface area contributed by atoms with E-state index >= 15 is 0 Å². The van der Waals surface area contributed by atoms with Gasteiger partial charge in [0.1, 0.15) is 6.07 Å². The van der Waals surface area contributed by atoms with Crippen LogP contribution in [0.25, 0.3) is 0 Å². The van der Waals surface area contributed by atoms with Crippen molar-refractivity contribution in [1.82, 2.24) is 9.55 Å². The first-order chi connectivity index (χ1) is 8.29. The van der Waals surface area contributed by atoms with Crippen LogP contribution in [0.2, 0.25) is 0 Å². The number of rotatable bonds is 1. The van der Waals surface area contributed by atoms with Crippen LogP contribution in [0.5, 0.6) is 0 Å². The molecule has 2 aromatic rings. The normalized spacial score (nSPS) is 17.8. The SMILES string of the molecule is N#Cc1ccc(C2CCc3cncn32)cc1Br. The molecular formula is C13H10BrN3. The maximum absolute atomic E-state index is 8.90. The van der Waals surface area contributed by atoms with Gasteiger partial charge in [-0.15, -0.1) is 0 Å². The lowest BCUT2D eigenvalue weighted by molar-refractivity contribution is 0.615. The van der Waals surface area contributed by atoms with Gasteiger partial charge in [-0.3, -0.25) is 0 Å². The molecule has 3 rings (SSSR count). The first-order valence-electron chi connectivity index (χ1n) is 5.50. The summed E-state index contributed by atoms with van der Waals surface area (Å²) < 4.78 is 3.08. The predicted octanol–water partition coefficient (Wildman–Crippen LogP) is 3.05. The molecule has 0 spiro atoms. The summed E-state index contributed by atoms with van der Waals surface area (Å²) in [7, 11) is 0. The van der Waals surface area contributed by atoms with Crippen LogP contribution < -0.4 is 0 Å². The van der Waals surface area contributed by atoms with Crippen LogP contribution in [0.3, 0.4) is 0 Å². The van der Waals surface area contributed by atoms with Gasteiger partial charge in [0.05, 0.1) is 17.9 Å². The van der Waals surface area contributed by atoms with Gasteiger partial charge in [0.15, 0.2) is 0 Å². The van der Waals surface area contributed by atoms with Crippen LogP contribution in [0.4, 0.5) is 0 Å². The lowest BCUT2D eigenvalue weighted by atomic mass is 10.0. The second-order valence-electron chi connectivity index (χ2n) is 4.20. The van der Waals surface area contributed by atoms with Crippen LogP contribution in [-0.4, -0.2) is 9.55 Å². The highest BCUT2D eigenvalue weighted by molar-refractivity contribution is 9.10. The molecule has 0 aliphatic carbocycles. The largest absolute Gasteiger partial charge is 0.327 e. The Kier molecular flexibility index (Phi) is 2.49. The van der Waals surface area contributed by atoms with E-state index in [1.165, 1.54) is 11.3 Å². The Morgan fingerprint density at radius 2 is 2.35 bits per heavy atom. The van der Waals surface area contributed by atoms with Crippen molar-refractivity contribution in [3.63, 3.8) is 0 Å². The van der Waals surface area contributed by atoms with Gasteiger partial charge in [-0.1, -0.05) is 6.07 Å². The second kappa shape index (κ2) is 4.01. The topological polar surface area (TPSA) is 41.6 Å². The van der Waals surface area contributed by atoms with E-state index < -0.39 is 0 Å². The van der Waals surface area contributed by atoms with Crippen molar-refractivity contribution in [2.24, 2.45) is 0 Å². The average molecular weight is 288 g/mol. The third kappa shape index (κ3) is 1.67. The van der Waals surface area contributed by atoms with Gasteiger partial charge in [-0.05, 0) is 46.5 Å². The van der Waals surface area contributed by atoms with Crippen LogP contribution in [0, 0.1) is 11.3 Å². The number of nitriles is 1. The number of hydrogen-bond acceptors (Lipinski definition) is 2. The number of aryl methyl sites for hydroxylation is 1. The molecule has 1 aliphatic heterocycles. The van der Waals surface area contributed by atoms with E-state index in [9.17, 15) is 0 Å². The molecule has 1 aromatic heterocycles. The predicted molar refractivity (Wildman–Crippen MR) is 67.5 cm³/mol. The van der Waals surface area contributed by atoms with Gasteiger partial charge in [-0.25, -0.2) is 4.98 Å². The fraction of sp³-hybridized carbons (Fsp3) is 0.231. The highest BCUT2D eigenvalue weighted by atomic mass is 79.9. The number of benzene rings is 1. The van der Waals surface area contributed by atoms with E-state index in [4.69, 9.17) is 5.26 Å². The van der Waals surface area contributed by atoms with E-state index in [0.717, 1.165) is 17.3 Å². The molecule has 0 bridgehead atoms. The summed E-state index contributed by atoms with van der Waals surface area (Å²) in [5.41, 5.74) is 3.20. The average Bonchev–Trinajstić information content (AvgIpc) is 2.90. The minimum absolute atomic E-state index is 0.358. The molecule has 2 heterocycles. The van der Waals surface area contributed by atoms with E-state index in [1.54, 1.807) is 0 Å². The van der Waals surface area contributed by atoms with E-state index in [0.29, 0.717) is 11.6 Å². The van der Waals surface area contributed by atoms with Crippen molar-refractivity contribution >= 4 is 15.9 Å². The molecule has 1 unspecified atom stereocenters. The van der Waals surface area contributed by atoms with Crippen molar-refractivity contribution in [1.29, 1.82) is 5.26 Å². The Balaban J connectivity index is 2.02. The maximum Gasteiger partial charge on any atom is 0.100 e. The van der Waals surface area contributed by atoms with Crippen molar-refractivity contribution < 1.29 is 0 Å². The van der Waals surface area contributed by atoms with Crippen LogP contribution in [-0.2, 0) is 6.42 Å². The molecule has 1 aliphatic rings. The summed E-state index contributed by atoms with van der Waals surface area (Å²) in [5, 5.41) is 8.90. The number of fused-ring (bicyclic) bond motifs is 1. The van der Waals surface area contributed by atoms with E-state index in [2.05, 4.69) is 31.6 Å². The standard InChI is InChI=1S/C13H10BrN3/c14-12-5-9(1-2-10(12)6-15)13-4-3-11-7-16-8-17(11)13/h1-2,5,7-8,13H,3-4H2. The fourth-order valence-corrected chi connectivity index (χ4v) is 2.87. The number of nitrogens with zero attached hydrogens (tertiary/aromatic N) is 3. The monoisotopic (exact) mass is 287 g/mol. The molecule has 1 atom stereocenters. The highest BCUT2D eigenvalue weighted by Gasteiger charge is 2.23. The lowest BCUT2D eigenvalue weighted by Crippen LogP contribution is -2.04. The summed E-state index contributed by atoms with van der Waals surface area (Å²) in [6.45, 7) is 0. The third-order valence-electron chi connectivity index (χ3n) is 3.25. The molecule has 0 radical (unpaired) electrons. The van der Waals surface area contributed by atoms with Crippen molar-refractivity contribution in [3.8, 4) is 6.07 Å². The molecular weight excluding hydrogens is 278 g/mol. The zero-order valence-corrected chi connectivity index (χ0v) is 10.7. The molecule has 84 valence electrons. The molecule has 1 aromatic carbocycles. The first-order valence-corrected chi connectivity index (χ1v) is 6.29. The Labute approximate surface area is 108 Å². The number of imidazole rings is 1. The summed E-state index contributed by atoms with van der Waals surface area (Å²) in [5.74, 6) is 0. The lowest BCUT2D eigenvalue weighted by Gasteiger charge is -2.13. The minimum atomic E-state index is 0.358. The molecule has 4 heteroatoms. The molecule has 0 saturated heterocycles. The molecule has 0 N–H and O–H groups in total. The first kappa shape index (κ1) is 10.5. The van der Waals surface area contributed by atoms with Gasteiger partial charge in [0.25, 0.3) is 0 Å². The number of halogens is 1. The van der Waals surface area contributed by atoms with Crippen molar-refractivity contribution in [3.05, 3.63) is 52.0 Å². The second-order valence-corrected chi connectivity index (χ2v) is 5.05. The van der Waals surface area contributed by atoms with Crippen molar-refractivity contribution in [2.45, 2.75) is 18.9 Å². The van der Waals surface area contributed by atoms with Gasteiger partial charge in [0.2, 0.25) is 0 Å². The molecule has 0 amide bonds. The maximum atomic E-state index is 8.90. The molecule has 3 nitrogen and oxygen atoms in total. The van der Waals surface area contributed by atoms with Crippen molar-refractivity contribution in [2.75, 3.05) is 0 Å². The fourth-order valence-electron chi connectivity index (χ4n) is 2.39. The van der Waals surface area contributed by atoms with Gasteiger partial charge in [-0.2, -0.15) is 5.26 Å². The summed E-state index contributed by atoms with van der Waals surface area (Å²) in [6.07, 6.45) is 6.00. The van der Waals surface area contributed by atoms with Crippen LogP contribution in [0.15, 0.2) is 35.2 Å². The minimum Gasteiger partial charge on any atom is -0.327 e. The Morgan fingerprint density at radius 1 is 1.47 bits per heavy atom. The quantitative estimate of drug-likeness (QED) is 0.809. The number of aromatic nitrogens is 2. The number of hydrogen-bond donors (Lipinski definition) is 0. The van der Waals surface area contributed by atoms with E-state index in [1.807, 2.05) is 30.7 Å². The Hall–Kier alpha value is -1.60. The smallest absolute Gasteiger partial charge is 0.100 e. The zero-order chi connectivity index (χ0) is 11.8. The van der Waals surface area contributed by atoms with Gasteiger partial charge >= 0.3 is 0 Å². The zero-order valence-electron chi connectivity index (χ0n) is 9.10. The molecule has 17 heavy (non-hydrogen) atoms. The summed E-state index contributed by atoms with van der Waals surface area (Å²) in [4.78, 5) is 4.17. The molecule has 0 fully saturated rings. The Morgan fingerprint density at radius 3 is 3.12 bits per heavy atom. The van der Waals surface area contributed by atoms with Crippen LogP contribution in [0.1, 0.15) is 29.3 Å². The van der Waals surface area contributed by atoms with Gasteiger partial charge < -0.3 is 4.57 Å². The summed E-state index contributed by atoms with van der Waals surface area (Å²) in [6, 6.07) is 8.46.